The van der Waals surface area contributed by atoms with E-state index in [1.807, 2.05) is 18.2 Å². The van der Waals surface area contributed by atoms with Crippen LogP contribution in [0.15, 0.2) is 53.2 Å². The molecule has 1 heterocycles. The third-order valence-electron chi connectivity index (χ3n) is 7.57. The van der Waals surface area contributed by atoms with Gasteiger partial charge in [0, 0.05) is 31.8 Å². The number of carbonyl (C=O) groups excluding carboxylic acids is 2. The van der Waals surface area contributed by atoms with Gasteiger partial charge in [0.1, 0.15) is 17.1 Å². The maximum Gasteiger partial charge on any atom is 0.220 e. The Morgan fingerprint density at radius 2 is 1.63 bits per heavy atom. The zero-order valence-electron chi connectivity index (χ0n) is 24.6. The molecule has 41 heavy (non-hydrogen) atoms. The summed E-state index contributed by atoms with van der Waals surface area (Å²) in [6.45, 7) is 4.14. The van der Waals surface area contributed by atoms with Gasteiger partial charge in [0.15, 0.2) is 0 Å². The van der Waals surface area contributed by atoms with E-state index in [-0.39, 0.29) is 11.8 Å². The molecule has 0 fully saturated rings. The highest BCUT2D eigenvalue weighted by Crippen LogP contribution is 2.32. The van der Waals surface area contributed by atoms with Gasteiger partial charge in [-0.25, -0.2) is 0 Å². The van der Waals surface area contributed by atoms with Crippen molar-refractivity contribution in [3.05, 3.63) is 65.4 Å². The lowest BCUT2D eigenvalue weighted by molar-refractivity contribution is -0.121. The minimum atomic E-state index is 0.0203. The highest BCUT2D eigenvalue weighted by Gasteiger charge is 2.15. The maximum absolute atomic E-state index is 11.9. The third kappa shape index (κ3) is 9.13. The van der Waals surface area contributed by atoms with Gasteiger partial charge in [-0.05, 0) is 104 Å². The molecule has 1 aliphatic carbocycles. The molecule has 2 aromatic carbocycles. The summed E-state index contributed by atoms with van der Waals surface area (Å²) in [6, 6.07) is 12.3. The summed E-state index contributed by atoms with van der Waals surface area (Å²) in [4.78, 5) is 23.5. The first-order valence-corrected chi connectivity index (χ1v) is 15.1. The Balaban J connectivity index is 1.11. The van der Waals surface area contributed by atoms with Crippen LogP contribution in [0.5, 0.6) is 11.5 Å². The average Bonchev–Trinajstić information content (AvgIpc) is 3.59. The molecule has 7 heteroatoms. The summed E-state index contributed by atoms with van der Waals surface area (Å²) in [5, 5.41) is 6.71. The second-order valence-corrected chi connectivity index (χ2v) is 10.7. The smallest absolute Gasteiger partial charge is 0.220 e. The van der Waals surface area contributed by atoms with Crippen LogP contribution in [0.2, 0.25) is 0 Å². The molecule has 0 spiro atoms. The number of hydrogen-bond donors (Lipinski definition) is 2. The van der Waals surface area contributed by atoms with Crippen molar-refractivity contribution in [2.75, 3.05) is 26.8 Å². The van der Waals surface area contributed by atoms with Crippen molar-refractivity contribution in [3.63, 3.8) is 0 Å². The average molecular weight is 561 g/mol. The van der Waals surface area contributed by atoms with E-state index < -0.39 is 0 Å². The van der Waals surface area contributed by atoms with Gasteiger partial charge in [0.25, 0.3) is 0 Å². The molecule has 1 aromatic heterocycles. The molecule has 0 radical (unpaired) electrons. The number of unbranched alkanes of at least 4 members (excludes halogenated alkanes) is 4. The standard InChI is InChI=1S/C34H44N2O5/c1-3-4-9-34(38)36-19-18-26-11-10-25-12-14-28(22-30(25)26)39-20-7-5-6-8-21-40-29-15-16-32-31(23-29)27(24-41-32)13-17-33(37)35-2/h11-12,14-16,22-24H,3-10,13,17-21H2,1-2H3,(H,35,37)(H,36,38). The number of carbonyl (C=O) groups is 2. The van der Waals surface area contributed by atoms with Crippen LogP contribution in [-0.4, -0.2) is 38.6 Å². The normalized spacial score (nSPS) is 12.2. The van der Waals surface area contributed by atoms with Gasteiger partial charge in [-0.15, -0.1) is 0 Å². The molecule has 0 saturated heterocycles. The van der Waals surface area contributed by atoms with Crippen LogP contribution >= 0.6 is 0 Å². The lowest BCUT2D eigenvalue weighted by Gasteiger charge is -2.11. The molecule has 220 valence electrons. The molecule has 2 N–H and O–H groups in total. The van der Waals surface area contributed by atoms with Gasteiger partial charge >= 0.3 is 0 Å². The van der Waals surface area contributed by atoms with Gasteiger partial charge in [-0.2, -0.15) is 0 Å². The third-order valence-corrected chi connectivity index (χ3v) is 7.57. The largest absolute Gasteiger partial charge is 0.494 e. The summed E-state index contributed by atoms with van der Waals surface area (Å²) < 4.78 is 17.7. The quantitative estimate of drug-likeness (QED) is 0.168. The number of amides is 2. The zero-order chi connectivity index (χ0) is 28.9. The van der Waals surface area contributed by atoms with Crippen molar-refractivity contribution in [1.29, 1.82) is 0 Å². The van der Waals surface area contributed by atoms with Crippen molar-refractivity contribution in [2.24, 2.45) is 0 Å². The van der Waals surface area contributed by atoms with Crippen LogP contribution in [0.25, 0.3) is 16.5 Å². The van der Waals surface area contributed by atoms with Crippen LogP contribution in [0.1, 0.15) is 81.4 Å². The fraction of sp³-hybridized carbons (Fsp3) is 0.471. The first-order chi connectivity index (χ1) is 20.1. The fourth-order valence-corrected chi connectivity index (χ4v) is 5.12. The SMILES string of the molecule is CCCCC(=O)NCCC1=CCc2ccc(OCCCCCCOc3ccc4occ(CCC(=O)NC)c4c3)cc21. The monoisotopic (exact) mass is 560 g/mol. The number of nitrogens with one attached hydrogen (secondary N) is 2. The minimum Gasteiger partial charge on any atom is -0.494 e. The van der Waals surface area contributed by atoms with E-state index in [1.54, 1.807) is 13.3 Å². The van der Waals surface area contributed by atoms with Crippen LogP contribution in [0.3, 0.4) is 0 Å². The number of benzene rings is 2. The number of allylic oxidation sites excluding steroid dienone is 1. The van der Waals surface area contributed by atoms with E-state index >= 15 is 0 Å². The number of aryl methyl sites for hydroxylation is 1. The molecule has 1 aliphatic rings. The summed E-state index contributed by atoms with van der Waals surface area (Å²) in [5.41, 5.74) is 5.72. The van der Waals surface area contributed by atoms with Gasteiger partial charge < -0.3 is 24.5 Å². The van der Waals surface area contributed by atoms with E-state index in [0.29, 0.717) is 39.0 Å². The maximum atomic E-state index is 11.9. The summed E-state index contributed by atoms with van der Waals surface area (Å²) in [7, 11) is 1.65. The number of hydrogen-bond acceptors (Lipinski definition) is 5. The van der Waals surface area contributed by atoms with Crippen molar-refractivity contribution in [3.8, 4) is 11.5 Å². The minimum absolute atomic E-state index is 0.0203. The van der Waals surface area contributed by atoms with Crippen LogP contribution in [-0.2, 0) is 22.4 Å². The Bertz CT molecular complexity index is 1330. The molecule has 0 unspecified atom stereocenters. The summed E-state index contributed by atoms with van der Waals surface area (Å²) in [6.07, 6.45) is 13.6. The number of rotatable bonds is 18. The number of furan rings is 1. The van der Waals surface area contributed by atoms with E-state index in [1.165, 1.54) is 16.7 Å². The number of ether oxygens (including phenoxy) is 2. The molecule has 0 bridgehead atoms. The first-order valence-electron chi connectivity index (χ1n) is 15.1. The van der Waals surface area contributed by atoms with Crippen LogP contribution in [0.4, 0.5) is 0 Å². The lowest BCUT2D eigenvalue weighted by atomic mass is 10.0. The van der Waals surface area contributed by atoms with E-state index in [9.17, 15) is 9.59 Å². The van der Waals surface area contributed by atoms with E-state index in [4.69, 9.17) is 13.9 Å². The Hall–Kier alpha value is -3.74. The highest BCUT2D eigenvalue weighted by molar-refractivity contribution is 5.83. The molecule has 3 aromatic rings. The molecule has 0 saturated carbocycles. The molecule has 4 rings (SSSR count). The zero-order valence-corrected chi connectivity index (χ0v) is 24.6. The second kappa shape index (κ2) is 15.9. The van der Waals surface area contributed by atoms with Gasteiger partial charge in [-0.3, -0.25) is 9.59 Å². The van der Waals surface area contributed by atoms with Gasteiger partial charge in [-0.1, -0.05) is 25.5 Å². The van der Waals surface area contributed by atoms with Crippen molar-refractivity contribution >= 4 is 28.4 Å². The number of fused-ring (bicyclic) bond motifs is 2. The second-order valence-electron chi connectivity index (χ2n) is 10.7. The summed E-state index contributed by atoms with van der Waals surface area (Å²) >= 11 is 0. The fourth-order valence-electron chi connectivity index (χ4n) is 5.12. The molecular weight excluding hydrogens is 516 g/mol. The van der Waals surface area contributed by atoms with Crippen LogP contribution < -0.4 is 20.1 Å². The molecule has 0 aliphatic heterocycles. The Labute approximate surface area is 243 Å². The Morgan fingerprint density at radius 3 is 2.39 bits per heavy atom. The predicted molar refractivity (Wildman–Crippen MR) is 163 cm³/mol. The Morgan fingerprint density at radius 1 is 0.878 bits per heavy atom. The lowest BCUT2D eigenvalue weighted by Crippen LogP contribution is -2.24. The van der Waals surface area contributed by atoms with Crippen molar-refractivity contribution < 1.29 is 23.5 Å². The first kappa shape index (κ1) is 30.2. The van der Waals surface area contributed by atoms with Crippen molar-refractivity contribution in [2.45, 2.75) is 77.6 Å². The van der Waals surface area contributed by atoms with Crippen molar-refractivity contribution in [1.82, 2.24) is 10.6 Å². The highest BCUT2D eigenvalue weighted by atomic mass is 16.5. The van der Waals surface area contributed by atoms with Crippen LogP contribution in [0, 0.1) is 0 Å². The van der Waals surface area contributed by atoms with Gasteiger partial charge in [0.05, 0.1) is 19.5 Å². The predicted octanol–water partition coefficient (Wildman–Crippen LogP) is 6.77. The Kier molecular flexibility index (Phi) is 11.7. The van der Waals surface area contributed by atoms with E-state index in [2.05, 4.69) is 41.8 Å². The molecule has 7 nitrogen and oxygen atoms in total. The topological polar surface area (TPSA) is 89.8 Å². The van der Waals surface area contributed by atoms with Gasteiger partial charge in [0.2, 0.25) is 11.8 Å². The molecule has 0 atom stereocenters. The molecule has 2 amide bonds. The summed E-state index contributed by atoms with van der Waals surface area (Å²) in [5.74, 6) is 1.91. The van der Waals surface area contributed by atoms with E-state index in [0.717, 1.165) is 79.4 Å². The molecular formula is C34H44N2O5.